The van der Waals surface area contributed by atoms with E-state index in [1.807, 2.05) is 13.0 Å². The number of nitrogens with zero attached hydrogens (tertiary/aromatic N) is 3. The third-order valence-electron chi connectivity index (χ3n) is 5.91. The molecule has 0 radical (unpaired) electrons. The lowest BCUT2D eigenvalue weighted by molar-refractivity contribution is -0.145. The van der Waals surface area contributed by atoms with Crippen LogP contribution in [-0.2, 0) is 11.2 Å². The Hall–Kier alpha value is -3.59. The van der Waals surface area contributed by atoms with Gasteiger partial charge in [-0.05, 0) is 50.8 Å². The number of aliphatic hydroxyl groups excluding tert-OH is 1. The maximum atomic E-state index is 14.4. The molecule has 1 unspecified atom stereocenters. The van der Waals surface area contributed by atoms with Crippen LogP contribution in [0.3, 0.4) is 0 Å². The van der Waals surface area contributed by atoms with Crippen molar-refractivity contribution in [3.05, 3.63) is 65.0 Å². The Balaban J connectivity index is 1.58. The van der Waals surface area contributed by atoms with Crippen LogP contribution in [0.25, 0.3) is 11.3 Å². The maximum Gasteiger partial charge on any atom is 0.309 e. The van der Waals surface area contributed by atoms with Crippen molar-refractivity contribution in [1.82, 2.24) is 15.0 Å². The van der Waals surface area contributed by atoms with E-state index >= 15 is 0 Å². The fourth-order valence-corrected chi connectivity index (χ4v) is 3.95. The summed E-state index contributed by atoms with van der Waals surface area (Å²) < 4.78 is 26.0. The molecular weight excluding hydrogens is 441 g/mol. The fraction of sp³-hybridized carbons (Fsp3) is 0.360. The molecule has 0 aliphatic carbocycles. The van der Waals surface area contributed by atoms with Crippen LogP contribution in [0.2, 0.25) is 0 Å². The number of fused-ring (bicyclic) bond motifs is 1. The van der Waals surface area contributed by atoms with Gasteiger partial charge in [-0.25, -0.2) is 9.37 Å². The second-order valence-corrected chi connectivity index (χ2v) is 8.25. The lowest BCUT2D eigenvalue weighted by Gasteiger charge is -2.27. The van der Waals surface area contributed by atoms with Crippen LogP contribution in [-0.4, -0.2) is 37.7 Å². The number of rotatable bonds is 7. The molecule has 3 aromatic rings. The third kappa shape index (κ3) is 4.70. The summed E-state index contributed by atoms with van der Waals surface area (Å²) in [7, 11) is 0. The minimum Gasteiger partial charge on any atom is -0.484 e. The summed E-state index contributed by atoms with van der Waals surface area (Å²) in [6.45, 7) is 5.45. The second kappa shape index (κ2) is 9.72. The minimum atomic E-state index is -1.15. The van der Waals surface area contributed by atoms with Crippen LogP contribution in [0.15, 0.2) is 36.7 Å². The van der Waals surface area contributed by atoms with Crippen molar-refractivity contribution in [2.75, 3.05) is 6.61 Å². The molecule has 34 heavy (non-hydrogen) atoms. The van der Waals surface area contributed by atoms with E-state index in [-0.39, 0.29) is 11.7 Å². The van der Waals surface area contributed by atoms with E-state index in [2.05, 4.69) is 15.0 Å². The first-order valence-corrected chi connectivity index (χ1v) is 11.1. The molecule has 0 bridgehead atoms. The topological polar surface area (TPSA) is 115 Å². The molecule has 4 rings (SSSR count). The highest BCUT2D eigenvalue weighted by Gasteiger charge is 2.27. The number of hydrogen-bond acceptors (Lipinski definition) is 7. The van der Waals surface area contributed by atoms with E-state index < -0.39 is 23.8 Å². The van der Waals surface area contributed by atoms with Crippen LogP contribution in [0, 0.1) is 18.7 Å². The molecule has 1 aliphatic rings. The summed E-state index contributed by atoms with van der Waals surface area (Å²) in [5, 5.41) is 19.6. The predicted molar refractivity (Wildman–Crippen MR) is 121 cm³/mol. The second-order valence-electron chi connectivity index (χ2n) is 8.25. The number of hydrogen-bond donors (Lipinski definition) is 2. The van der Waals surface area contributed by atoms with Crippen molar-refractivity contribution in [1.29, 1.82) is 0 Å². The largest absolute Gasteiger partial charge is 0.484 e. The van der Waals surface area contributed by atoms with Gasteiger partial charge < -0.3 is 19.7 Å². The zero-order valence-corrected chi connectivity index (χ0v) is 19.2. The van der Waals surface area contributed by atoms with Gasteiger partial charge in [0.1, 0.15) is 11.9 Å². The van der Waals surface area contributed by atoms with E-state index in [0.29, 0.717) is 47.3 Å². The van der Waals surface area contributed by atoms with Gasteiger partial charge in [-0.1, -0.05) is 12.1 Å². The predicted octanol–water partition coefficient (Wildman–Crippen LogP) is 4.21. The molecule has 0 fully saturated rings. The van der Waals surface area contributed by atoms with E-state index in [4.69, 9.17) is 9.47 Å². The zero-order valence-electron chi connectivity index (χ0n) is 19.2. The van der Waals surface area contributed by atoms with Gasteiger partial charge in [0.05, 0.1) is 48.1 Å². The molecule has 2 N–H and O–H groups in total. The summed E-state index contributed by atoms with van der Waals surface area (Å²) in [6, 6.07) is 6.77. The number of aliphatic hydroxyl groups is 1. The van der Waals surface area contributed by atoms with Crippen molar-refractivity contribution in [2.45, 2.75) is 45.8 Å². The number of carbonyl (C=O) groups is 1. The number of benzene rings is 1. The lowest BCUT2D eigenvalue weighted by atomic mass is 9.93. The Morgan fingerprint density at radius 1 is 1.29 bits per heavy atom. The van der Waals surface area contributed by atoms with Crippen LogP contribution in [0.4, 0.5) is 4.39 Å². The molecule has 0 spiro atoms. The highest BCUT2D eigenvalue weighted by molar-refractivity contribution is 5.70. The van der Waals surface area contributed by atoms with Crippen molar-refractivity contribution < 1.29 is 28.9 Å². The average Bonchev–Trinajstić information content (AvgIpc) is 2.83. The van der Waals surface area contributed by atoms with Crippen molar-refractivity contribution in [2.24, 2.45) is 5.92 Å². The van der Waals surface area contributed by atoms with Gasteiger partial charge in [0.25, 0.3) is 0 Å². The van der Waals surface area contributed by atoms with Gasteiger partial charge in [-0.2, -0.15) is 0 Å². The van der Waals surface area contributed by atoms with Crippen molar-refractivity contribution in [3.63, 3.8) is 0 Å². The SMILES string of the molecule is CCOc1cc(-c2ncc(C3CCc4ccc([C@H](O)[C@H](C)C(=O)O)cc4O3)nc2C)c(F)cn1. The van der Waals surface area contributed by atoms with Crippen LogP contribution in [0.5, 0.6) is 11.6 Å². The van der Waals surface area contributed by atoms with Gasteiger partial charge in [0.15, 0.2) is 5.82 Å². The molecule has 0 amide bonds. The molecule has 1 aromatic carbocycles. The van der Waals surface area contributed by atoms with Crippen LogP contribution < -0.4 is 9.47 Å². The number of carboxylic acids is 1. The third-order valence-corrected chi connectivity index (χ3v) is 5.91. The normalized spacial score (nSPS) is 16.8. The number of aliphatic carboxylic acids is 1. The monoisotopic (exact) mass is 467 g/mol. The summed E-state index contributed by atoms with van der Waals surface area (Å²) in [5.74, 6) is -1.65. The minimum absolute atomic E-state index is 0.260. The Bertz CT molecular complexity index is 1220. The van der Waals surface area contributed by atoms with Crippen LogP contribution >= 0.6 is 0 Å². The standard InChI is InChI=1S/C25H26FN3O5/c1-4-33-22-10-17(18(26)11-27-22)23-14(3)29-19(12-28-23)20-8-7-15-5-6-16(9-21(15)34-20)24(30)13(2)25(31)32/h5-6,9-13,20,24,30H,4,7-8H2,1-3H3,(H,31,32)/t13-,20?,24+/m0/s1. The molecule has 8 nitrogen and oxygen atoms in total. The van der Waals surface area contributed by atoms with Gasteiger partial charge in [0, 0.05) is 11.6 Å². The summed E-state index contributed by atoms with van der Waals surface area (Å²) >= 11 is 0. The summed E-state index contributed by atoms with van der Waals surface area (Å²) in [5.41, 5.74) is 3.25. The Morgan fingerprint density at radius 2 is 2.09 bits per heavy atom. The highest BCUT2D eigenvalue weighted by Crippen LogP contribution is 2.37. The average molecular weight is 467 g/mol. The number of carboxylic acid groups (broad SMARTS) is 1. The number of halogens is 1. The molecule has 2 aromatic heterocycles. The van der Waals surface area contributed by atoms with E-state index in [1.54, 1.807) is 25.3 Å². The number of pyridine rings is 1. The van der Waals surface area contributed by atoms with E-state index in [9.17, 15) is 19.4 Å². The van der Waals surface area contributed by atoms with Crippen molar-refractivity contribution >= 4 is 5.97 Å². The molecule has 178 valence electrons. The first-order chi connectivity index (χ1) is 16.3. The number of ether oxygens (including phenoxy) is 2. The smallest absolute Gasteiger partial charge is 0.309 e. The number of aromatic nitrogens is 3. The molecule has 1 aliphatic heterocycles. The number of aryl methyl sites for hydroxylation is 2. The zero-order chi connectivity index (χ0) is 24.4. The Labute approximate surface area is 196 Å². The van der Waals surface area contributed by atoms with Crippen LogP contribution in [0.1, 0.15) is 55.0 Å². The van der Waals surface area contributed by atoms with Gasteiger partial charge in [-0.15, -0.1) is 0 Å². The first kappa shape index (κ1) is 23.6. The Kier molecular flexibility index (Phi) is 6.74. The van der Waals surface area contributed by atoms with Gasteiger partial charge in [-0.3, -0.25) is 14.8 Å². The molecule has 3 atom stereocenters. The molecule has 9 heteroatoms. The van der Waals surface area contributed by atoms with Gasteiger partial charge in [0.2, 0.25) is 5.88 Å². The van der Waals surface area contributed by atoms with Gasteiger partial charge >= 0.3 is 5.97 Å². The molecule has 0 saturated heterocycles. The fourth-order valence-electron chi connectivity index (χ4n) is 3.95. The van der Waals surface area contributed by atoms with Crippen molar-refractivity contribution in [3.8, 4) is 22.9 Å². The summed E-state index contributed by atoms with van der Waals surface area (Å²) in [4.78, 5) is 24.2. The van der Waals surface area contributed by atoms with E-state index in [1.165, 1.54) is 13.0 Å². The first-order valence-electron chi connectivity index (χ1n) is 11.1. The molecule has 3 heterocycles. The molecular formula is C25H26FN3O5. The Morgan fingerprint density at radius 3 is 2.79 bits per heavy atom. The molecule has 0 saturated carbocycles. The summed E-state index contributed by atoms with van der Waals surface area (Å²) in [6.07, 6.45) is 2.55. The lowest BCUT2D eigenvalue weighted by Crippen LogP contribution is -2.20. The quantitative estimate of drug-likeness (QED) is 0.531. The van der Waals surface area contributed by atoms with E-state index in [0.717, 1.165) is 18.2 Å². The maximum absolute atomic E-state index is 14.4. The highest BCUT2D eigenvalue weighted by atomic mass is 19.1.